The van der Waals surface area contributed by atoms with Crippen LogP contribution in [0, 0.1) is 0 Å². The summed E-state index contributed by atoms with van der Waals surface area (Å²) in [6, 6.07) is 6.01. The molecule has 1 unspecified atom stereocenters. The Labute approximate surface area is 145 Å². The van der Waals surface area contributed by atoms with Gasteiger partial charge >= 0.3 is 12.0 Å². The second-order valence-corrected chi connectivity index (χ2v) is 5.63. The Morgan fingerprint density at radius 3 is 2.68 bits per heavy atom. The van der Waals surface area contributed by atoms with Crippen LogP contribution in [0.4, 0.5) is 4.79 Å². The van der Waals surface area contributed by atoms with Crippen molar-refractivity contribution in [1.29, 1.82) is 0 Å². The first-order chi connectivity index (χ1) is 11.9. The van der Waals surface area contributed by atoms with Gasteiger partial charge in [0, 0.05) is 6.54 Å². The molecule has 4 amide bonds. The average Bonchev–Trinajstić information content (AvgIpc) is 2.91. The molecule has 134 valence electrons. The molecule has 0 aromatic heterocycles. The third-order valence-corrected chi connectivity index (χ3v) is 3.71. The number of amides is 4. The van der Waals surface area contributed by atoms with Gasteiger partial charge in [-0.1, -0.05) is 25.1 Å². The number of nitrogens with one attached hydrogen (secondary N) is 2. The summed E-state index contributed by atoms with van der Waals surface area (Å²) < 4.78 is 5.20. The van der Waals surface area contributed by atoms with Gasteiger partial charge in [-0.25, -0.2) is 9.59 Å². The summed E-state index contributed by atoms with van der Waals surface area (Å²) >= 11 is 0. The number of esters is 1. The summed E-state index contributed by atoms with van der Waals surface area (Å²) in [4.78, 5) is 48.6. The van der Waals surface area contributed by atoms with Gasteiger partial charge in [0.25, 0.3) is 5.91 Å². The van der Waals surface area contributed by atoms with Crippen molar-refractivity contribution in [2.75, 3.05) is 13.1 Å². The molecule has 0 spiro atoms. The number of benzene rings is 1. The molecule has 8 heteroatoms. The normalized spacial score (nSPS) is 14.9. The summed E-state index contributed by atoms with van der Waals surface area (Å²) in [7, 11) is 0. The van der Waals surface area contributed by atoms with Gasteiger partial charge in [-0.2, -0.15) is 0 Å². The van der Waals surface area contributed by atoms with E-state index in [1.54, 1.807) is 18.2 Å². The van der Waals surface area contributed by atoms with Gasteiger partial charge in [-0.05, 0) is 25.0 Å². The van der Waals surface area contributed by atoms with Crippen LogP contribution in [0.15, 0.2) is 24.3 Å². The maximum atomic E-state index is 12.4. The van der Waals surface area contributed by atoms with Crippen LogP contribution < -0.4 is 10.6 Å². The van der Waals surface area contributed by atoms with E-state index >= 15 is 0 Å². The molecule has 0 saturated carbocycles. The molecular weight excluding hydrogens is 326 g/mol. The quantitative estimate of drug-likeness (QED) is 0.561. The standard InChI is InChI=1S/C17H21N3O5/c1-3-8-18-15(22)11(2)25-16(23)13-7-5-4-6-12(13)10-20-14(21)9-19-17(20)24/h4-7,11H,3,8-10H2,1-2H3,(H,18,22)(H,19,24). The van der Waals surface area contributed by atoms with Crippen LogP contribution in [0.3, 0.4) is 0 Å². The minimum Gasteiger partial charge on any atom is -0.449 e. The lowest BCUT2D eigenvalue weighted by Crippen LogP contribution is -2.36. The molecule has 0 bridgehead atoms. The smallest absolute Gasteiger partial charge is 0.339 e. The molecule has 1 aliphatic heterocycles. The lowest BCUT2D eigenvalue weighted by Gasteiger charge is -2.17. The number of carbonyl (C=O) groups is 4. The van der Waals surface area contributed by atoms with Crippen LogP contribution in [0.1, 0.15) is 36.2 Å². The topological polar surface area (TPSA) is 105 Å². The van der Waals surface area contributed by atoms with Gasteiger partial charge in [0.05, 0.1) is 18.7 Å². The Kier molecular flexibility index (Phi) is 6.10. The molecule has 1 aliphatic rings. The second-order valence-electron chi connectivity index (χ2n) is 5.63. The SMILES string of the molecule is CCCNC(=O)C(C)OC(=O)c1ccccc1CN1C(=O)CNC1=O. The second kappa shape index (κ2) is 8.27. The molecule has 1 heterocycles. The first-order valence-corrected chi connectivity index (χ1v) is 8.08. The maximum Gasteiger partial charge on any atom is 0.339 e. The lowest BCUT2D eigenvalue weighted by molar-refractivity contribution is -0.129. The molecule has 1 aromatic carbocycles. The molecule has 1 fully saturated rings. The van der Waals surface area contributed by atoms with Crippen molar-refractivity contribution < 1.29 is 23.9 Å². The largest absolute Gasteiger partial charge is 0.449 e. The van der Waals surface area contributed by atoms with E-state index in [1.165, 1.54) is 13.0 Å². The van der Waals surface area contributed by atoms with Crippen molar-refractivity contribution in [3.63, 3.8) is 0 Å². The van der Waals surface area contributed by atoms with E-state index in [9.17, 15) is 19.2 Å². The Bertz CT molecular complexity index is 673. The predicted molar refractivity (Wildman–Crippen MR) is 88.6 cm³/mol. The van der Waals surface area contributed by atoms with E-state index in [4.69, 9.17) is 4.74 Å². The van der Waals surface area contributed by atoms with E-state index in [0.29, 0.717) is 12.1 Å². The molecule has 0 aliphatic carbocycles. The van der Waals surface area contributed by atoms with E-state index in [1.807, 2.05) is 6.92 Å². The van der Waals surface area contributed by atoms with Crippen molar-refractivity contribution in [2.24, 2.45) is 0 Å². The van der Waals surface area contributed by atoms with Crippen molar-refractivity contribution >= 4 is 23.8 Å². The number of nitrogens with zero attached hydrogens (tertiary/aromatic N) is 1. The lowest BCUT2D eigenvalue weighted by atomic mass is 10.1. The van der Waals surface area contributed by atoms with Gasteiger partial charge in [-0.15, -0.1) is 0 Å². The van der Waals surface area contributed by atoms with Crippen LogP contribution in [-0.2, 0) is 20.9 Å². The van der Waals surface area contributed by atoms with E-state index in [-0.39, 0.29) is 30.5 Å². The zero-order chi connectivity index (χ0) is 18.4. The van der Waals surface area contributed by atoms with E-state index in [2.05, 4.69) is 10.6 Å². The van der Waals surface area contributed by atoms with E-state index < -0.39 is 18.1 Å². The maximum absolute atomic E-state index is 12.4. The first kappa shape index (κ1) is 18.4. The molecule has 8 nitrogen and oxygen atoms in total. The van der Waals surface area contributed by atoms with Crippen LogP contribution >= 0.6 is 0 Å². The highest BCUT2D eigenvalue weighted by molar-refractivity contribution is 6.02. The summed E-state index contributed by atoms with van der Waals surface area (Å²) in [5, 5.41) is 5.08. The molecular formula is C17H21N3O5. The van der Waals surface area contributed by atoms with Gasteiger partial charge in [-0.3, -0.25) is 14.5 Å². The average molecular weight is 347 g/mol. The number of rotatable bonds is 7. The predicted octanol–water partition coefficient (Wildman–Crippen LogP) is 0.810. The molecule has 25 heavy (non-hydrogen) atoms. The summed E-state index contributed by atoms with van der Waals surface area (Å²) in [6.07, 6.45) is -0.162. The first-order valence-electron chi connectivity index (χ1n) is 8.08. The zero-order valence-corrected chi connectivity index (χ0v) is 14.2. The minimum atomic E-state index is -0.941. The van der Waals surface area contributed by atoms with Crippen molar-refractivity contribution in [1.82, 2.24) is 15.5 Å². The molecule has 2 rings (SSSR count). The van der Waals surface area contributed by atoms with Crippen molar-refractivity contribution in [3.8, 4) is 0 Å². The van der Waals surface area contributed by atoms with Gasteiger partial charge in [0.1, 0.15) is 0 Å². The highest BCUT2D eigenvalue weighted by atomic mass is 16.5. The van der Waals surface area contributed by atoms with Gasteiger partial charge in [0.15, 0.2) is 6.10 Å². The fourth-order valence-corrected chi connectivity index (χ4v) is 2.31. The Morgan fingerprint density at radius 1 is 1.32 bits per heavy atom. The van der Waals surface area contributed by atoms with Crippen molar-refractivity contribution in [2.45, 2.75) is 32.9 Å². The third kappa shape index (κ3) is 4.56. The highest BCUT2D eigenvalue weighted by Gasteiger charge is 2.30. The van der Waals surface area contributed by atoms with Crippen LogP contribution in [-0.4, -0.2) is 47.9 Å². The minimum absolute atomic E-state index is 0.0354. The monoisotopic (exact) mass is 347 g/mol. The summed E-state index contributed by atoms with van der Waals surface area (Å²) in [5.74, 6) is -1.41. The Morgan fingerprint density at radius 2 is 2.04 bits per heavy atom. The summed E-state index contributed by atoms with van der Waals surface area (Å²) in [5.41, 5.74) is 0.684. The number of imide groups is 1. The van der Waals surface area contributed by atoms with E-state index in [0.717, 1.165) is 11.3 Å². The molecule has 2 N–H and O–H groups in total. The summed E-state index contributed by atoms with van der Waals surface area (Å²) in [6.45, 7) is 3.82. The fourth-order valence-electron chi connectivity index (χ4n) is 2.31. The van der Waals surface area contributed by atoms with Gasteiger partial charge < -0.3 is 15.4 Å². The van der Waals surface area contributed by atoms with Crippen LogP contribution in [0.5, 0.6) is 0 Å². The number of carbonyl (C=O) groups excluding carboxylic acids is 4. The third-order valence-electron chi connectivity index (χ3n) is 3.71. The zero-order valence-electron chi connectivity index (χ0n) is 14.2. The fraction of sp³-hybridized carbons (Fsp3) is 0.412. The Balaban J connectivity index is 2.08. The van der Waals surface area contributed by atoms with Crippen molar-refractivity contribution in [3.05, 3.63) is 35.4 Å². The highest BCUT2D eigenvalue weighted by Crippen LogP contribution is 2.16. The molecule has 1 atom stereocenters. The number of hydrogen-bond acceptors (Lipinski definition) is 5. The number of ether oxygens (including phenoxy) is 1. The number of hydrogen-bond donors (Lipinski definition) is 2. The Hall–Kier alpha value is -2.90. The van der Waals surface area contributed by atoms with Gasteiger partial charge in [0.2, 0.25) is 5.91 Å². The molecule has 1 aromatic rings. The number of urea groups is 1. The van der Waals surface area contributed by atoms with Crippen LogP contribution in [0.25, 0.3) is 0 Å². The van der Waals surface area contributed by atoms with Crippen LogP contribution in [0.2, 0.25) is 0 Å². The molecule has 0 radical (unpaired) electrons. The molecule has 1 saturated heterocycles.